The number of rotatable bonds is 9. The van der Waals surface area contributed by atoms with Crippen molar-refractivity contribution in [2.24, 2.45) is 11.5 Å². The number of hydrogen-bond donors (Lipinski definition) is 5. The van der Waals surface area contributed by atoms with Crippen molar-refractivity contribution in [3.05, 3.63) is 11.3 Å². The summed E-state index contributed by atoms with van der Waals surface area (Å²) in [6.07, 6.45) is -0.731. The van der Waals surface area contributed by atoms with Gasteiger partial charge in [-0.25, -0.2) is 9.59 Å². The van der Waals surface area contributed by atoms with Crippen LogP contribution in [0.4, 0.5) is 4.79 Å². The molecule has 2 aliphatic rings. The first-order chi connectivity index (χ1) is 13.1. The molecule has 2 heterocycles. The van der Waals surface area contributed by atoms with Crippen LogP contribution in [-0.4, -0.2) is 74.8 Å². The lowest BCUT2D eigenvalue weighted by Crippen LogP contribution is -2.70. The van der Waals surface area contributed by atoms with E-state index in [2.05, 4.69) is 10.1 Å². The molecule has 7 N–H and O–H groups in total. The maximum absolute atomic E-state index is 12.4. The number of carbonyl (C=O) groups is 5. The Balaban J connectivity index is 1.96. The fourth-order valence-corrected chi connectivity index (χ4v) is 4.13. The van der Waals surface area contributed by atoms with Crippen molar-refractivity contribution in [3.63, 3.8) is 0 Å². The molecule has 1 fully saturated rings. The van der Waals surface area contributed by atoms with Gasteiger partial charge in [0.15, 0.2) is 0 Å². The molecule has 3 atom stereocenters. The number of ether oxygens (including phenoxy) is 1. The molecule has 12 nitrogen and oxygen atoms in total. The van der Waals surface area contributed by atoms with Crippen molar-refractivity contribution in [2.75, 3.05) is 12.4 Å². The Kier molecular flexibility index (Phi) is 6.85. The molecule has 0 radical (unpaired) electrons. The number of nitrogens with zero attached hydrogens (tertiary/aromatic N) is 1. The maximum Gasteiger partial charge on any atom is 0.404 e. The number of fused-ring (bicyclic) bond motifs is 1. The van der Waals surface area contributed by atoms with Crippen LogP contribution in [-0.2, 0) is 23.9 Å². The van der Waals surface area contributed by atoms with Gasteiger partial charge < -0.3 is 31.7 Å². The first-order valence-electron chi connectivity index (χ1n) is 8.23. The number of aliphatic carboxylic acids is 2. The van der Waals surface area contributed by atoms with E-state index in [1.54, 1.807) is 0 Å². The van der Waals surface area contributed by atoms with Crippen molar-refractivity contribution >= 4 is 41.6 Å². The van der Waals surface area contributed by atoms with Gasteiger partial charge in [0.1, 0.15) is 29.8 Å². The number of β-lactam (4-membered cyclic amide) rings is 1. The van der Waals surface area contributed by atoms with Gasteiger partial charge in [-0.15, -0.1) is 11.8 Å². The molecule has 0 saturated carbocycles. The Labute approximate surface area is 163 Å². The summed E-state index contributed by atoms with van der Waals surface area (Å²) < 4.78 is 4.62. The van der Waals surface area contributed by atoms with E-state index >= 15 is 0 Å². The quantitative estimate of drug-likeness (QED) is 0.272. The van der Waals surface area contributed by atoms with Gasteiger partial charge in [-0.05, 0) is 12.8 Å². The lowest BCUT2D eigenvalue weighted by Gasteiger charge is -2.49. The molecule has 0 spiro atoms. The molecule has 2 aliphatic heterocycles. The number of hydrogen-bond acceptors (Lipinski definition) is 8. The third kappa shape index (κ3) is 4.72. The Morgan fingerprint density at radius 3 is 2.57 bits per heavy atom. The summed E-state index contributed by atoms with van der Waals surface area (Å²) >= 11 is 1.22. The molecule has 0 aromatic heterocycles. The fraction of sp³-hybridized carbons (Fsp3) is 0.533. The molecule has 2 rings (SSSR count). The van der Waals surface area contributed by atoms with E-state index in [1.807, 2.05) is 0 Å². The second-order valence-corrected chi connectivity index (χ2v) is 7.26. The van der Waals surface area contributed by atoms with Crippen LogP contribution < -0.4 is 16.8 Å². The molecule has 1 unspecified atom stereocenters. The van der Waals surface area contributed by atoms with Crippen molar-refractivity contribution in [2.45, 2.75) is 36.7 Å². The van der Waals surface area contributed by atoms with E-state index in [9.17, 15) is 29.1 Å². The average Bonchev–Trinajstić information content (AvgIpc) is 2.62. The van der Waals surface area contributed by atoms with Gasteiger partial charge in [0.2, 0.25) is 5.91 Å². The maximum atomic E-state index is 12.4. The summed E-state index contributed by atoms with van der Waals surface area (Å²) in [5.74, 6) is -3.38. The third-order valence-corrected chi connectivity index (χ3v) is 5.53. The zero-order valence-electron chi connectivity index (χ0n) is 14.6. The third-order valence-electron chi connectivity index (χ3n) is 4.19. The van der Waals surface area contributed by atoms with Crippen LogP contribution in [0, 0.1) is 0 Å². The second-order valence-electron chi connectivity index (χ2n) is 6.16. The summed E-state index contributed by atoms with van der Waals surface area (Å²) in [5.41, 5.74) is 10.2. The van der Waals surface area contributed by atoms with Crippen LogP contribution >= 0.6 is 11.8 Å². The Hall–Kier alpha value is -2.80. The Morgan fingerprint density at radius 1 is 1.32 bits per heavy atom. The van der Waals surface area contributed by atoms with Crippen LogP contribution in [0.3, 0.4) is 0 Å². The minimum absolute atomic E-state index is 0.0124. The molecule has 0 bridgehead atoms. The molecular weight excluding hydrogens is 396 g/mol. The molecule has 154 valence electrons. The first-order valence-corrected chi connectivity index (χ1v) is 9.28. The van der Waals surface area contributed by atoms with E-state index < -0.39 is 47.3 Å². The normalized spacial score (nSPS) is 22.0. The topological polar surface area (TPSA) is 202 Å². The molecule has 13 heteroatoms. The van der Waals surface area contributed by atoms with E-state index in [0.717, 1.165) is 4.90 Å². The molecule has 0 aromatic carbocycles. The van der Waals surface area contributed by atoms with Gasteiger partial charge in [-0.2, -0.15) is 0 Å². The Morgan fingerprint density at radius 2 is 2.00 bits per heavy atom. The molecule has 0 aliphatic carbocycles. The molecule has 28 heavy (non-hydrogen) atoms. The SMILES string of the molecule is NC(=O)OCC1=C(C(=O)O)N2C(=O)[C@@H](NC(=O)CCCC(N)C(=O)O)[C@@H]2SC1. The van der Waals surface area contributed by atoms with E-state index in [-0.39, 0.29) is 42.9 Å². The van der Waals surface area contributed by atoms with Gasteiger partial charge >= 0.3 is 18.0 Å². The number of nitrogens with two attached hydrogens (primary N) is 2. The zero-order valence-corrected chi connectivity index (χ0v) is 15.4. The predicted octanol–water partition coefficient (Wildman–Crippen LogP) is -1.60. The number of carboxylic acids is 2. The zero-order chi connectivity index (χ0) is 21.0. The lowest BCUT2D eigenvalue weighted by molar-refractivity contribution is -0.150. The summed E-state index contributed by atoms with van der Waals surface area (Å²) in [7, 11) is 0. The summed E-state index contributed by atoms with van der Waals surface area (Å²) in [6, 6.07) is -1.95. The van der Waals surface area contributed by atoms with Gasteiger partial charge in [-0.1, -0.05) is 0 Å². The minimum Gasteiger partial charge on any atom is -0.480 e. The van der Waals surface area contributed by atoms with E-state index in [1.165, 1.54) is 11.8 Å². The van der Waals surface area contributed by atoms with Crippen LogP contribution in [0.15, 0.2) is 11.3 Å². The summed E-state index contributed by atoms with van der Waals surface area (Å²) in [5, 5.41) is 20.0. The van der Waals surface area contributed by atoms with Gasteiger partial charge in [0.25, 0.3) is 5.91 Å². The first kappa shape index (κ1) is 21.5. The summed E-state index contributed by atoms with van der Waals surface area (Å²) in [6.45, 7) is -0.346. The number of primary amides is 1. The highest BCUT2D eigenvalue weighted by molar-refractivity contribution is 8.00. The van der Waals surface area contributed by atoms with E-state index in [4.69, 9.17) is 16.6 Å². The van der Waals surface area contributed by atoms with Crippen LogP contribution in [0.1, 0.15) is 19.3 Å². The van der Waals surface area contributed by atoms with Gasteiger partial charge in [-0.3, -0.25) is 19.3 Å². The number of amides is 3. The highest BCUT2D eigenvalue weighted by Gasteiger charge is 2.54. The van der Waals surface area contributed by atoms with Crippen molar-refractivity contribution in [1.29, 1.82) is 0 Å². The standard InChI is InChI=1S/C15H20N4O8S/c16-7(13(22)23)2-1-3-8(20)18-9-11(21)19-10(14(24)25)6(4-27-15(17)26)5-28-12(9)19/h7,9,12H,1-5,16H2,(H2,17,26)(H,18,20)(H,22,23)(H,24,25)/t7?,9-,12+/m1/s1. The lowest BCUT2D eigenvalue weighted by atomic mass is 10.0. The molecular formula is C15H20N4O8S. The van der Waals surface area contributed by atoms with Crippen LogP contribution in [0.2, 0.25) is 0 Å². The summed E-state index contributed by atoms with van der Waals surface area (Å²) in [4.78, 5) is 58.3. The number of thioether (sulfide) groups is 1. The predicted molar refractivity (Wildman–Crippen MR) is 94.7 cm³/mol. The fourth-order valence-electron chi connectivity index (χ4n) is 2.80. The number of carboxylic acid groups (broad SMARTS) is 2. The average molecular weight is 416 g/mol. The minimum atomic E-state index is -1.35. The smallest absolute Gasteiger partial charge is 0.404 e. The highest BCUT2D eigenvalue weighted by Crippen LogP contribution is 2.40. The van der Waals surface area contributed by atoms with Crippen molar-refractivity contribution < 1.29 is 38.9 Å². The van der Waals surface area contributed by atoms with Crippen LogP contribution in [0.25, 0.3) is 0 Å². The number of nitrogens with one attached hydrogen (secondary N) is 1. The van der Waals surface area contributed by atoms with Crippen molar-refractivity contribution in [1.82, 2.24) is 10.2 Å². The molecule has 0 aromatic rings. The van der Waals surface area contributed by atoms with Crippen molar-refractivity contribution in [3.8, 4) is 0 Å². The van der Waals surface area contributed by atoms with Gasteiger partial charge in [0, 0.05) is 17.7 Å². The second kappa shape index (κ2) is 8.93. The largest absolute Gasteiger partial charge is 0.480 e. The molecule has 3 amide bonds. The number of carbonyl (C=O) groups excluding carboxylic acids is 3. The van der Waals surface area contributed by atoms with Crippen LogP contribution in [0.5, 0.6) is 0 Å². The van der Waals surface area contributed by atoms with E-state index in [0.29, 0.717) is 0 Å². The molecule has 1 saturated heterocycles. The monoisotopic (exact) mass is 416 g/mol. The Bertz CT molecular complexity index is 740. The van der Waals surface area contributed by atoms with Gasteiger partial charge in [0.05, 0.1) is 0 Å². The highest BCUT2D eigenvalue weighted by atomic mass is 32.2.